The molecule has 1 fully saturated rings. The molecular formula is C18H20O3. The minimum Gasteiger partial charge on any atom is -0.491 e. The Morgan fingerprint density at radius 3 is 2.05 bits per heavy atom. The highest BCUT2D eigenvalue weighted by Crippen LogP contribution is 2.30. The van der Waals surface area contributed by atoms with Crippen LogP contribution in [0.2, 0.25) is 0 Å². The second-order valence-corrected chi connectivity index (χ2v) is 5.61. The molecule has 0 spiro atoms. The van der Waals surface area contributed by atoms with Gasteiger partial charge in [-0.3, -0.25) is 0 Å². The van der Waals surface area contributed by atoms with Gasteiger partial charge in [0.15, 0.2) is 0 Å². The van der Waals surface area contributed by atoms with Crippen molar-refractivity contribution in [3.8, 4) is 17.2 Å². The fourth-order valence-electron chi connectivity index (χ4n) is 2.62. The van der Waals surface area contributed by atoms with Gasteiger partial charge in [0.25, 0.3) is 0 Å². The topological polar surface area (TPSA) is 38.7 Å². The Hall–Kier alpha value is -2.00. The first-order valence-corrected chi connectivity index (χ1v) is 7.42. The highest BCUT2D eigenvalue weighted by molar-refractivity contribution is 5.35. The highest BCUT2D eigenvalue weighted by atomic mass is 16.5. The van der Waals surface area contributed by atoms with Crippen molar-refractivity contribution in [2.75, 3.05) is 6.61 Å². The zero-order valence-electron chi connectivity index (χ0n) is 12.0. The van der Waals surface area contributed by atoms with Crippen LogP contribution in [0.5, 0.6) is 17.2 Å². The third kappa shape index (κ3) is 3.76. The van der Waals surface area contributed by atoms with Crippen LogP contribution in [0.15, 0.2) is 54.6 Å². The number of aliphatic hydroxyl groups is 1. The number of rotatable bonds is 5. The van der Waals surface area contributed by atoms with E-state index < -0.39 is 5.60 Å². The summed E-state index contributed by atoms with van der Waals surface area (Å²) < 4.78 is 11.4. The summed E-state index contributed by atoms with van der Waals surface area (Å²) in [6.45, 7) is 0.367. The second-order valence-electron chi connectivity index (χ2n) is 5.61. The molecule has 0 atom stereocenters. The molecular weight excluding hydrogens is 264 g/mol. The Bertz CT molecular complexity index is 557. The Kier molecular flexibility index (Phi) is 4.11. The number of benzene rings is 2. The van der Waals surface area contributed by atoms with Crippen LogP contribution < -0.4 is 9.47 Å². The number of hydrogen-bond donors (Lipinski definition) is 1. The Labute approximate surface area is 125 Å². The lowest BCUT2D eigenvalue weighted by Crippen LogP contribution is -2.32. The maximum Gasteiger partial charge on any atom is 0.127 e. The Morgan fingerprint density at radius 2 is 1.38 bits per heavy atom. The molecule has 3 nitrogen and oxygen atoms in total. The van der Waals surface area contributed by atoms with E-state index in [-0.39, 0.29) is 0 Å². The maximum absolute atomic E-state index is 10.3. The van der Waals surface area contributed by atoms with E-state index in [0.29, 0.717) is 6.61 Å². The number of para-hydroxylation sites is 1. The van der Waals surface area contributed by atoms with Gasteiger partial charge in [0.1, 0.15) is 23.9 Å². The molecule has 1 saturated carbocycles. The zero-order chi connectivity index (χ0) is 14.5. The molecule has 2 aromatic rings. The van der Waals surface area contributed by atoms with Gasteiger partial charge in [-0.2, -0.15) is 0 Å². The lowest BCUT2D eigenvalue weighted by molar-refractivity contribution is 0.00140. The van der Waals surface area contributed by atoms with Crippen molar-refractivity contribution in [3.63, 3.8) is 0 Å². The van der Waals surface area contributed by atoms with Gasteiger partial charge in [0.2, 0.25) is 0 Å². The van der Waals surface area contributed by atoms with Gasteiger partial charge in [-0.05, 0) is 49.2 Å². The molecule has 1 aliphatic carbocycles. The molecule has 0 saturated heterocycles. The monoisotopic (exact) mass is 284 g/mol. The smallest absolute Gasteiger partial charge is 0.127 e. The molecule has 2 aromatic carbocycles. The van der Waals surface area contributed by atoms with E-state index in [9.17, 15) is 5.11 Å². The molecule has 3 rings (SSSR count). The lowest BCUT2D eigenvalue weighted by atomic mass is 10.0. The van der Waals surface area contributed by atoms with Crippen LogP contribution in [0.1, 0.15) is 25.7 Å². The molecule has 1 N–H and O–H groups in total. The van der Waals surface area contributed by atoms with Gasteiger partial charge in [-0.25, -0.2) is 0 Å². The van der Waals surface area contributed by atoms with Crippen LogP contribution in [0.25, 0.3) is 0 Å². The summed E-state index contributed by atoms with van der Waals surface area (Å²) in [5, 5.41) is 10.3. The maximum atomic E-state index is 10.3. The van der Waals surface area contributed by atoms with Gasteiger partial charge in [-0.1, -0.05) is 31.0 Å². The Morgan fingerprint density at radius 1 is 0.810 bits per heavy atom. The fourth-order valence-corrected chi connectivity index (χ4v) is 2.62. The quantitative estimate of drug-likeness (QED) is 0.896. The largest absolute Gasteiger partial charge is 0.491 e. The molecule has 0 aliphatic heterocycles. The van der Waals surface area contributed by atoms with Crippen LogP contribution in [-0.2, 0) is 0 Å². The highest BCUT2D eigenvalue weighted by Gasteiger charge is 2.31. The SMILES string of the molecule is OC1(COc2ccc(Oc3ccccc3)cc2)CCCC1. The van der Waals surface area contributed by atoms with Gasteiger partial charge >= 0.3 is 0 Å². The van der Waals surface area contributed by atoms with Crippen LogP contribution in [-0.4, -0.2) is 17.3 Å². The zero-order valence-corrected chi connectivity index (χ0v) is 12.0. The third-order valence-corrected chi connectivity index (χ3v) is 3.84. The van der Waals surface area contributed by atoms with E-state index >= 15 is 0 Å². The van der Waals surface area contributed by atoms with Crippen molar-refractivity contribution in [3.05, 3.63) is 54.6 Å². The molecule has 21 heavy (non-hydrogen) atoms. The van der Waals surface area contributed by atoms with Crippen LogP contribution in [0, 0.1) is 0 Å². The molecule has 3 heteroatoms. The number of ether oxygens (including phenoxy) is 2. The average molecular weight is 284 g/mol. The summed E-state index contributed by atoms with van der Waals surface area (Å²) in [4.78, 5) is 0. The minimum atomic E-state index is -0.640. The van der Waals surface area contributed by atoms with Crippen molar-refractivity contribution in [2.24, 2.45) is 0 Å². The minimum absolute atomic E-state index is 0.367. The first kappa shape index (κ1) is 14.0. The normalized spacial score (nSPS) is 16.6. The van der Waals surface area contributed by atoms with Crippen molar-refractivity contribution in [2.45, 2.75) is 31.3 Å². The predicted octanol–water partition coefficient (Wildman–Crippen LogP) is 4.16. The third-order valence-electron chi connectivity index (χ3n) is 3.84. The summed E-state index contributed by atoms with van der Waals surface area (Å²) in [5.41, 5.74) is -0.640. The van der Waals surface area contributed by atoms with Gasteiger partial charge in [0, 0.05) is 0 Å². The molecule has 0 amide bonds. The molecule has 1 aliphatic rings. The molecule has 0 unspecified atom stereocenters. The van der Waals surface area contributed by atoms with E-state index in [1.807, 2.05) is 54.6 Å². The molecule has 0 aromatic heterocycles. The van der Waals surface area contributed by atoms with E-state index in [4.69, 9.17) is 9.47 Å². The van der Waals surface area contributed by atoms with Crippen LogP contribution in [0.3, 0.4) is 0 Å². The fraction of sp³-hybridized carbons (Fsp3) is 0.333. The van der Waals surface area contributed by atoms with E-state index in [1.54, 1.807) is 0 Å². The van der Waals surface area contributed by atoms with E-state index in [0.717, 1.165) is 42.9 Å². The Balaban J connectivity index is 1.56. The summed E-state index contributed by atoms with van der Waals surface area (Å²) in [7, 11) is 0. The molecule has 110 valence electrons. The van der Waals surface area contributed by atoms with Crippen LogP contribution >= 0.6 is 0 Å². The summed E-state index contributed by atoms with van der Waals surface area (Å²) in [5.74, 6) is 2.34. The van der Waals surface area contributed by atoms with Gasteiger partial charge in [-0.15, -0.1) is 0 Å². The summed E-state index contributed by atoms with van der Waals surface area (Å²) >= 11 is 0. The first-order valence-electron chi connectivity index (χ1n) is 7.42. The predicted molar refractivity (Wildman–Crippen MR) is 81.9 cm³/mol. The van der Waals surface area contributed by atoms with E-state index in [2.05, 4.69) is 0 Å². The van der Waals surface area contributed by atoms with Crippen molar-refractivity contribution < 1.29 is 14.6 Å². The van der Waals surface area contributed by atoms with Crippen LogP contribution in [0.4, 0.5) is 0 Å². The van der Waals surface area contributed by atoms with E-state index in [1.165, 1.54) is 0 Å². The van der Waals surface area contributed by atoms with Gasteiger partial charge in [0.05, 0.1) is 5.60 Å². The van der Waals surface area contributed by atoms with Crippen molar-refractivity contribution in [1.82, 2.24) is 0 Å². The van der Waals surface area contributed by atoms with Gasteiger partial charge < -0.3 is 14.6 Å². The second kappa shape index (κ2) is 6.19. The van der Waals surface area contributed by atoms with Crippen molar-refractivity contribution in [1.29, 1.82) is 0 Å². The standard InChI is InChI=1S/C18H20O3/c19-18(12-4-5-13-18)14-20-15-8-10-17(11-9-15)21-16-6-2-1-3-7-16/h1-3,6-11,19H,4-5,12-14H2. The first-order chi connectivity index (χ1) is 10.2. The molecule has 0 bridgehead atoms. The molecule has 0 heterocycles. The number of hydrogen-bond acceptors (Lipinski definition) is 3. The average Bonchev–Trinajstić information content (AvgIpc) is 2.95. The summed E-state index contributed by atoms with van der Waals surface area (Å²) in [6.07, 6.45) is 3.85. The summed E-state index contributed by atoms with van der Waals surface area (Å²) in [6, 6.07) is 17.2. The van der Waals surface area contributed by atoms with Crippen molar-refractivity contribution >= 4 is 0 Å². The molecule has 0 radical (unpaired) electrons. The lowest BCUT2D eigenvalue weighted by Gasteiger charge is -2.22.